The van der Waals surface area contributed by atoms with Gasteiger partial charge in [0.2, 0.25) is 6.79 Å². The molecule has 3 rings (SSSR count). The molecule has 1 aliphatic heterocycles. The number of guanidine groups is 1. The van der Waals surface area contributed by atoms with E-state index >= 15 is 0 Å². The molecule has 0 unspecified atom stereocenters. The number of ether oxygens (including phenoxy) is 2. The van der Waals surface area contributed by atoms with E-state index < -0.39 is 0 Å². The zero-order chi connectivity index (χ0) is 16.8. The minimum atomic E-state index is 0.300. The van der Waals surface area contributed by atoms with Crippen LogP contribution in [0.4, 0.5) is 0 Å². The number of fused-ring (bicyclic) bond motifs is 1. The lowest BCUT2D eigenvalue weighted by molar-refractivity contribution is 0.174. The Labute approximate surface area is 142 Å². The van der Waals surface area contributed by atoms with Crippen LogP contribution in [0.5, 0.6) is 11.5 Å². The number of rotatable bonds is 5. The van der Waals surface area contributed by atoms with Crippen molar-refractivity contribution in [3.05, 3.63) is 59.2 Å². The van der Waals surface area contributed by atoms with Crippen molar-refractivity contribution >= 4 is 5.96 Å². The van der Waals surface area contributed by atoms with E-state index in [1.165, 1.54) is 11.1 Å². The highest BCUT2D eigenvalue weighted by molar-refractivity contribution is 5.79. The standard InChI is InChI=1S/C19H23N3O2/c1-14-3-5-15(6-4-14)9-10-21-19(20-2)22-12-16-7-8-17-18(11-16)24-13-23-17/h3-8,11H,9-10,12-13H2,1-2H3,(H2,20,21,22). The summed E-state index contributed by atoms with van der Waals surface area (Å²) in [6, 6.07) is 14.6. The molecule has 0 atom stereocenters. The lowest BCUT2D eigenvalue weighted by Gasteiger charge is -2.12. The lowest BCUT2D eigenvalue weighted by atomic mass is 10.1. The summed E-state index contributed by atoms with van der Waals surface area (Å²) >= 11 is 0. The summed E-state index contributed by atoms with van der Waals surface area (Å²) in [4.78, 5) is 4.26. The summed E-state index contributed by atoms with van der Waals surface area (Å²) in [7, 11) is 1.78. The predicted octanol–water partition coefficient (Wildman–Crippen LogP) is 2.63. The normalized spacial score (nSPS) is 13.0. The highest BCUT2D eigenvalue weighted by Crippen LogP contribution is 2.32. The molecule has 0 radical (unpaired) electrons. The second-order valence-electron chi connectivity index (χ2n) is 5.78. The van der Waals surface area contributed by atoms with Gasteiger partial charge in [-0.05, 0) is 36.6 Å². The van der Waals surface area contributed by atoms with Gasteiger partial charge in [0.1, 0.15) is 0 Å². The fraction of sp³-hybridized carbons (Fsp3) is 0.316. The minimum Gasteiger partial charge on any atom is -0.454 e. The van der Waals surface area contributed by atoms with Crippen LogP contribution in [-0.4, -0.2) is 26.3 Å². The monoisotopic (exact) mass is 325 g/mol. The van der Waals surface area contributed by atoms with Crippen molar-refractivity contribution < 1.29 is 9.47 Å². The van der Waals surface area contributed by atoms with E-state index in [9.17, 15) is 0 Å². The molecular weight excluding hydrogens is 302 g/mol. The first-order chi connectivity index (χ1) is 11.7. The van der Waals surface area contributed by atoms with Gasteiger partial charge in [-0.1, -0.05) is 35.9 Å². The maximum atomic E-state index is 5.40. The molecule has 1 aliphatic rings. The van der Waals surface area contributed by atoms with Gasteiger partial charge in [-0.15, -0.1) is 0 Å². The summed E-state index contributed by atoms with van der Waals surface area (Å²) < 4.78 is 10.7. The molecule has 0 spiro atoms. The Bertz CT molecular complexity index is 711. The molecule has 0 fully saturated rings. The molecule has 2 aromatic rings. The molecule has 0 aromatic heterocycles. The van der Waals surface area contributed by atoms with Crippen LogP contribution in [0.25, 0.3) is 0 Å². The zero-order valence-electron chi connectivity index (χ0n) is 14.1. The van der Waals surface area contributed by atoms with E-state index in [1.54, 1.807) is 7.05 Å². The van der Waals surface area contributed by atoms with Gasteiger partial charge in [-0.25, -0.2) is 0 Å². The highest BCUT2D eigenvalue weighted by Gasteiger charge is 2.13. The lowest BCUT2D eigenvalue weighted by Crippen LogP contribution is -2.37. The van der Waals surface area contributed by atoms with Crippen LogP contribution in [0, 0.1) is 6.92 Å². The summed E-state index contributed by atoms with van der Waals surface area (Å²) in [6.07, 6.45) is 0.963. The van der Waals surface area contributed by atoms with Gasteiger partial charge >= 0.3 is 0 Å². The molecule has 0 saturated carbocycles. The molecule has 5 nitrogen and oxygen atoms in total. The molecule has 2 aromatic carbocycles. The molecule has 126 valence electrons. The van der Waals surface area contributed by atoms with Crippen LogP contribution < -0.4 is 20.1 Å². The van der Waals surface area contributed by atoms with Crippen molar-refractivity contribution in [1.29, 1.82) is 0 Å². The summed E-state index contributed by atoms with van der Waals surface area (Å²) in [5.74, 6) is 2.40. The van der Waals surface area contributed by atoms with Crippen molar-refractivity contribution in [2.45, 2.75) is 19.9 Å². The first kappa shape index (κ1) is 16.2. The third-order valence-corrected chi connectivity index (χ3v) is 3.95. The molecule has 1 heterocycles. The zero-order valence-corrected chi connectivity index (χ0v) is 14.1. The fourth-order valence-electron chi connectivity index (χ4n) is 2.54. The van der Waals surface area contributed by atoms with E-state index in [4.69, 9.17) is 9.47 Å². The van der Waals surface area contributed by atoms with E-state index in [1.807, 2.05) is 18.2 Å². The largest absolute Gasteiger partial charge is 0.454 e. The van der Waals surface area contributed by atoms with Gasteiger partial charge in [0.25, 0.3) is 0 Å². The van der Waals surface area contributed by atoms with Crippen LogP contribution in [0.2, 0.25) is 0 Å². The average molecular weight is 325 g/mol. The number of nitrogens with one attached hydrogen (secondary N) is 2. The number of aryl methyl sites for hydroxylation is 1. The third-order valence-electron chi connectivity index (χ3n) is 3.95. The first-order valence-corrected chi connectivity index (χ1v) is 8.13. The quantitative estimate of drug-likeness (QED) is 0.655. The SMILES string of the molecule is CN=C(NCCc1ccc(C)cc1)NCc1ccc2c(c1)OCO2. The Morgan fingerprint density at radius 3 is 2.54 bits per heavy atom. The molecule has 5 heteroatoms. The van der Waals surface area contributed by atoms with Gasteiger partial charge in [0, 0.05) is 20.1 Å². The van der Waals surface area contributed by atoms with Crippen LogP contribution >= 0.6 is 0 Å². The minimum absolute atomic E-state index is 0.300. The maximum Gasteiger partial charge on any atom is 0.231 e. The maximum absolute atomic E-state index is 5.40. The number of nitrogens with zero attached hydrogens (tertiary/aromatic N) is 1. The van der Waals surface area contributed by atoms with Gasteiger partial charge < -0.3 is 20.1 Å². The van der Waals surface area contributed by atoms with Crippen molar-refractivity contribution in [2.75, 3.05) is 20.4 Å². The number of hydrogen-bond acceptors (Lipinski definition) is 3. The first-order valence-electron chi connectivity index (χ1n) is 8.13. The van der Waals surface area contributed by atoms with Crippen LogP contribution in [0.1, 0.15) is 16.7 Å². The molecular formula is C19H23N3O2. The van der Waals surface area contributed by atoms with Crippen molar-refractivity contribution in [3.8, 4) is 11.5 Å². The molecule has 0 amide bonds. The number of hydrogen-bond donors (Lipinski definition) is 2. The average Bonchev–Trinajstić information content (AvgIpc) is 3.07. The van der Waals surface area contributed by atoms with Crippen LogP contribution in [0.3, 0.4) is 0 Å². The molecule has 0 saturated heterocycles. The van der Waals surface area contributed by atoms with E-state index in [0.29, 0.717) is 13.3 Å². The van der Waals surface area contributed by atoms with Gasteiger partial charge in [0.15, 0.2) is 17.5 Å². The molecule has 2 N–H and O–H groups in total. The Morgan fingerprint density at radius 1 is 1.00 bits per heavy atom. The Hall–Kier alpha value is -2.69. The second-order valence-corrected chi connectivity index (χ2v) is 5.78. The Balaban J connectivity index is 1.46. The van der Waals surface area contributed by atoms with Crippen molar-refractivity contribution in [1.82, 2.24) is 10.6 Å². The smallest absolute Gasteiger partial charge is 0.231 e. The topological polar surface area (TPSA) is 54.9 Å². The van der Waals surface area contributed by atoms with E-state index in [-0.39, 0.29) is 0 Å². The summed E-state index contributed by atoms with van der Waals surface area (Å²) in [5.41, 5.74) is 3.73. The summed E-state index contributed by atoms with van der Waals surface area (Å²) in [6.45, 7) is 3.92. The van der Waals surface area contributed by atoms with Crippen LogP contribution in [0.15, 0.2) is 47.5 Å². The number of aliphatic imine (C=N–C) groups is 1. The molecule has 24 heavy (non-hydrogen) atoms. The Kier molecular flexibility index (Phi) is 5.21. The predicted molar refractivity (Wildman–Crippen MR) is 95.6 cm³/mol. The van der Waals surface area contributed by atoms with Crippen LogP contribution in [-0.2, 0) is 13.0 Å². The highest BCUT2D eigenvalue weighted by atomic mass is 16.7. The molecule has 0 bridgehead atoms. The van der Waals surface area contributed by atoms with Gasteiger partial charge in [-0.3, -0.25) is 4.99 Å². The second kappa shape index (κ2) is 7.73. The Morgan fingerprint density at radius 2 is 1.75 bits per heavy atom. The van der Waals surface area contributed by atoms with Crippen molar-refractivity contribution in [3.63, 3.8) is 0 Å². The van der Waals surface area contributed by atoms with E-state index in [2.05, 4.69) is 46.8 Å². The van der Waals surface area contributed by atoms with Crippen molar-refractivity contribution in [2.24, 2.45) is 4.99 Å². The van der Waals surface area contributed by atoms with E-state index in [0.717, 1.165) is 36.0 Å². The molecule has 0 aliphatic carbocycles. The van der Waals surface area contributed by atoms with Gasteiger partial charge in [0.05, 0.1) is 0 Å². The summed E-state index contributed by atoms with van der Waals surface area (Å²) in [5, 5.41) is 6.65. The number of benzene rings is 2. The fourth-order valence-corrected chi connectivity index (χ4v) is 2.54. The third kappa shape index (κ3) is 4.19. The van der Waals surface area contributed by atoms with Gasteiger partial charge in [-0.2, -0.15) is 0 Å².